The van der Waals surface area contributed by atoms with Gasteiger partial charge in [-0.05, 0) is 42.7 Å². The molecule has 5 N–H and O–H groups in total. The molecule has 0 fully saturated rings. The van der Waals surface area contributed by atoms with Gasteiger partial charge in [-0.25, -0.2) is 9.59 Å². The smallest absolute Gasteiger partial charge is 0.407 e. The Balaban J connectivity index is 1.93. The Labute approximate surface area is 218 Å². The van der Waals surface area contributed by atoms with Crippen molar-refractivity contribution < 1.29 is 29.3 Å². The molecule has 9 nitrogen and oxygen atoms in total. The second-order valence-corrected chi connectivity index (χ2v) is 10.2. The van der Waals surface area contributed by atoms with Gasteiger partial charge >= 0.3 is 12.2 Å². The summed E-state index contributed by atoms with van der Waals surface area (Å²) in [5.74, 6) is -0.662. The first-order valence-electron chi connectivity index (χ1n) is 12.5. The van der Waals surface area contributed by atoms with Gasteiger partial charge in [0.25, 0.3) is 5.91 Å². The number of hydrogen-bond donors (Lipinski definition) is 5. The SMILES string of the molecule is C[C@@H](NC(=O)C(O)[C@H](CCCC(NC(=O)OCc1ccccc1)C(C)(C)C)NC(=O)O)c1ccccc1. The third-order valence-corrected chi connectivity index (χ3v) is 6.18. The molecule has 9 heteroatoms. The van der Waals surface area contributed by atoms with Crippen LogP contribution in [0.4, 0.5) is 9.59 Å². The lowest BCUT2D eigenvalue weighted by atomic mass is 9.83. The maximum absolute atomic E-state index is 12.7. The number of hydrogen-bond acceptors (Lipinski definition) is 5. The third-order valence-electron chi connectivity index (χ3n) is 6.18. The standard InChI is InChI=1S/C28H39N3O6/c1-19(21-14-9-6-10-15-21)29-25(33)24(32)22(30-26(34)35)16-11-17-23(28(2,3)4)31-27(36)37-18-20-12-7-5-8-13-20/h5-10,12-15,19,22-24,30,32H,11,16-18H2,1-4H3,(H,29,33)(H,31,36)(H,34,35)/t19-,22+,23?,24?/m1/s1. The van der Waals surface area contributed by atoms with Crippen molar-refractivity contribution in [2.45, 2.75) is 77.8 Å². The Morgan fingerprint density at radius 2 is 1.49 bits per heavy atom. The summed E-state index contributed by atoms with van der Waals surface area (Å²) in [7, 11) is 0. The fourth-order valence-corrected chi connectivity index (χ4v) is 3.94. The molecule has 0 aliphatic carbocycles. The minimum absolute atomic E-state index is 0.150. The molecule has 0 aromatic heterocycles. The zero-order valence-electron chi connectivity index (χ0n) is 21.9. The van der Waals surface area contributed by atoms with E-state index < -0.39 is 30.2 Å². The summed E-state index contributed by atoms with van der Waals surface area (Å²) < 4.78 is 5.34. The molecule has 202 valence electrons. The van der Waals surface area contributed by atoms with E-state index in [0.717, 1.165) is 11.1 Å². The quantitative estimate of drug-likeness (QED) is 0.286. The van der Waals surface area contributed by atoms with Crippen LogP contribution >= 0.6 is 0 Å². The number of amides is 3. The highest BCUT2D eigenvalue weighted by Gasteiger charge is 2.31. The number of ether oxygens (including phenoxy) is 1. The molecule has 4 atom stereocenters. The van der Waals surface area contributed by atoms with Crippen molar-refractivity contribution in [3.8, 4) is 0 Å². The van der Waals surface area contributed by atoms with E-state index in [1.165, 1.54) is 0 Å². The molecule has 2 rings (SSSR count). The van der Waals surface area contributed by atoms with Crippen LogP contribution in [-0.4, -0.2) is 46.5 Å². The minimum Gasteiger partial charge on any atom is -0.465 e. The Kier molecular flexibility index (Phi) is 11.4. The Hall–Kier alpha value is -3.59. The van der Waals surface area contributed by atoms with Crippen LogP contribution in [-0.2, 0) is 16.1 Å². The molecule has 0 bridgehead atoms. The molecular weight excluding hydrogens is 474 g/mol. The molecule has 0 saturated heterocycles. The van der Waals surface area contributed by atoms with Crippen LogP contribution in [0, 0.1) is 5.41 Å². The molecule has 0 heterocycles. The third kappa shape index (κ3) is 10.5. The first kappa shape index (κ1) is 29.6. The Bertz CT molecular complexity index is 994. The number of carbonyl (C=O) groups excluding carboxylic acids is 2. The topological polar surface area (TPSA) is 137 Å². The molecule has 2 aromatic rings. The van der Waals surface area contributed by atoms with Crippen LogP contribution in [0.15, 0.2) is 60.7 Å². The van der Waals surface area contributed by atoms with E-state index in [0.29, 0.717) is 12.8 Å². The van der Waals surface area contributed by atoms with E-state index in [9.17, 15) is 24.6 Å². The van der Waals surface area contributed by atoms with E-state index in [-0.39, 0.29) is 30.5 Å². The van der Waals surface area contributed by atoms with Gasteiger partial charge in [0, 0.05) is 6.04 Å². The molecule has 2 unspecified atom stereocenters. The van der Waals surface area contributed by atoms with Crippen LogP contribution in [0.1, 0.15) is 64.1 Å². The lowest BCUT2D eigenvalue weighted by molar-refractivity contribution is -0.131. The number of aliphatic hydroxyl groups excluding tert-OH is 1. The summed E-state index contributed by atoms with van der Waals surface area (Å²) in [6, 6.07) is 17.0. The molecule has 0 radical (unpaired) electrons. The van der Waals surface area contributed by atoms with Crippen molar-refractivity contribution in [3.63, 3.8) is 0 Å². The first-order chi connectivity index (χ1) is 17.5. The number of alkyl carbamates (subject to hydrolysis) is 1. The van der Waals surface area contributed by atoms with E-state index in [1.54, 1.807) is 6.92 Å². The van der Waals surface area contributed by atoms with Crippen LogP contribution < -0.4 is 16.0 Å². The zero-order chi connectivity index (χ0) is 27.4. The highest BCUT2D eigenvalue weighted by atomic mass is 16.5. The monoisotopic (exact) mass is 513 g/mol. The van der Waals surface area contributed by atoms with E-state index in [2.05, 4.69) is 16.0 Å². The van der Waals surface area contributed by atoms with Gasteiger partial charge in [-0.15, -0.1) is 0 Å². The van der Waals surface area contributed by atoms with Crippen LogP contribution in [0.2, 0.25) is 0 Å². The van der Waals surface area contributed by atoms with Crippen LogP contribution in [0.5, 0.6) is 0 Å². The van der Waals surface area contributed by atoms with Gasteiger partial charge in [-0.1, -0.05) is 81.4 Å². The van der Waals surface area contributed by atoms with Crippen molar-refractivity contribution >= 4 is 18.1 Å². The molecule has 2 aromatic carbocycles. The molecule has 0 aliphatic heterocycles. The van der Waals surface area contributed by atoms with Crippen molar-refractivity contribution in [1.29, 1.82) is 0 Å². The predicted molar refractivity (Wildman–Crippen MR) is 141 cm³/mol. The summed E-state index contributed by atoms with van der Waals surface area (Å²) in [6.45, 7) is 7.88. The maximum atomic E-state index is 12.7. The molecular formula is C28H39N3O6. The predicted octanol–water partition coefficient (Wildman–Crippen LogP) is 4.37. The average molecular weight is 514 g/mol. The lowest BCUT2D eigenvalue weighted by Gasteiger charge is -2.32. The molecule has 3 amide bonds. The van der Waals surface area contributed by atoms with Gasteiger partial charge in [0.1, 0.15) is 6.61 Å². The number of aliphatic hydroxyl groups is 1. The van der Waals surface area contributed by atoms with Gasteiger partial charge in [0.15, 0.2) is 6.10 Å². The average Bonchev–Trinajstić information content (AvgIpc) is 2.86. The van der Waals surface area contributed by atoms with Gasteiger partial charge in [-0.2, -0.15) is 0 Å². The Morgan fingerprint density at radius 1 is 0.892 bits per heavy atom. The lowest BCUT2D eigenvalue weighted by Crippen LogP contribution is -2.51. The summed E-state index contributed by atoms with van der Waals surface area (Å²) in [5.41, 5.74) is 1.44. The summed E-state index contributed by atoms with van der Waals surface area (Å²) in [6.07, 6.45) is -2.30. The number of nitrogens with one attached hydrogen (secondary N) is 3. The maximum Gasteiger partial charge on any atom is 0.407 e. The fraction of sp³-hybridized carbons (Fsp3) is 0.464. The fourth-order valence-electron chi connectivity index (χ4n) is 3.94. The minimum atomic E-state index is -1.57. The highest BCUT2D eigenvalue weighted by molar-refractivity contribution is 5.82. The molecule has 0 saturated carbocycles. The van der Waals surface area contributed by atoms with Gasteiger partial charge in [0.2, 0.25) is 0 Å². The van der Waals surface area contributed by atoms with E-state index in [4.69, 9.17) is 4.74 Å². The summed E-state index contributed by atoms with van der Waals surface area (Å²) in [4.78, 5) is 36.4. The number of carbonyl (C=O) groups is 3. The van der Waals surface area contributed by atoms with Crippen molar-refractivity contribution in [2.75, 3.05) is 0 Å². The van der Waals surface area contributed by atoms with Crippen LogP contribution in [0.3, 0.4) is 0 Å². The van der Waals surface area contributed by atoms with Gasteiger partial charge in [-0.3, -0.25) is 4.79 Å². The normalized spacial score (nSPS) is 14.5. The second-order valence-electron chi connectivity index (χ2n) is 10.2. The van der Waals surface area contributed by atoms with E-state index >= 15 is 0 Å². The summed E-state index contributed by atoms with van der Waals surface area (Å²) in [5, 5.41) is 27.8. The first-order valence-corrected chi connectivity index (χ1v) is 12.5. The van der Waals surface area contributed by atoms with E-state index in [1.807, 2.05) is 81.4 Å². The summed E-state index contributed by atoms with van der Waals surface area (Å²) >= 11 is 0. The van der Waals surface area contributed by atoms with Gasteiger partial charge < -0.3 is 30.9 Å². The Morgan fingerprint density at radius 3 is 2.05 bits per heavy atom. The molecule has 37 heavy (non-hydrogen) atoms. The van der Waals surface area contributed by atoms with Gasteiger partial charge in [0.05, 0.1) is 12.1 Å². The number of carboxylic acid groups (broad SMARTS) is 1. The second kappa shape index (κ2) is 14.2. The van der Waals surface area contributed by atoms with Crippen LogP contribution in [0.25, 0.3) is 0 Å². The van der Waals surface area contributed by atoms with Crippen molar-refractivity contribution in [2.24, 2.45) is 5.41 Å². The number of benzene rings is 2. The number of rotatable bonds is 12. The largest absolute Gasteiger partial charge is 0.465 e. The molecule has 0 spiro atoms. The molecule has 0 aliphatic rings. The van der Waals surface area contributed by atoms with Crippen molar-refractivity contribution in [3.05, 3.63) is 71.8 Å². The van der Waals surface area contributed by atoms with Crippen molar-refractivity contribution in [1.82, 2.24) is 16.0 Å². The highest BCUT2D eigenvalue weighted by Crippen LogP contribution is 2.24. The zero-order valence-corrected chi connectivity index (χ0v) is 21.9.